The molecule has 2 aromatic rings. The van der Waals surface area contributed by atoms with Crippen molar-refractivity contribution in [3.8, 4) is 6.07 Å². The molecule has 0 aromatic carbocycles. The van der Waals surface area contributed by atoms with Crippen LogP contribution in [-0.4, -0.2) is 59.1 Å². The summed E-state index contributed by atoms with van der Waals surface area (Å²) in [7, 11) is 5.51. The molecule has 0 N–H and O–H groups in total. The number of carbonyl (C=O) groups is 1. The van der Waals surface area contributed by atoms with E-state index >= 15 is 0 Å². The molecule has 3 rings (SSSR count). The highest BCUT2D eigenvalue weighted by atomic mass is 16.5. The first-order valence-corrected chi connectivity index (χ1v) is 7.97. The Morgan fingerprint density at radius 1 is 1.48 bits per heavy atom. The second-order valence-electron chi connectivity index (χ2n) is 6.12. The van der Waals surface area contributed by atoms with Gasteiger partial charge in [-0.15, -0.1) is 0 Å². The van der Waals surface area contributed by atoms with Crippen LogP contribution in [-0.2, 0) is 11.8 Å². The van der Waals surface area contributed by atoms with Crippen LogP contribution in [0.1, 0.15) is 27.8 Å². The third-order valence-electron chi connectivity index (χ3n) is 4.10. The molecule has 1 amide bonds. The summed E-state index contributed by atoms with van der Waals surface area (Å²) in [4.78, 5) is 25.1. The highest BCUT2D eigenvalue weighted by Gasteiger charge is 2.28. The van der Waals surface area contributed by atoms with Crippen molar-refractivity contribution in [1.29, 1.82) is 5.26 Å². The van der Waals surface area contributed by atoms with E-state index in [2.05, 4.69) is 16.0 Å². The van der Waals surface area contributed by atoms with E-state index in [1.807, 2.05) is 25.1 Å². The van der Waals surface area contributed by atoms with Crippen LogP contribution in [0, 0.1) is 11.3 Å². The van der Waals surface area contributed by atoms with Gasteiger partial charge in [0.15, 0.2) is 0 Å². The molecule has 3 heterocycles. The lowest BCUT2D eigenvalue weighted by atomic mass is 10.2. The van der Waals surface area contributed by atoms with E-state index < -0.39 is 0 Å². The van der Waals surface area contributed by atoms with E-state index in [4.69, 9.17) is 10.00 Å². The number of carbonyl (C=O) groups excluding carboxylic acids is 1. The summed E-state index contributed by atoms with van der Waals surface area (Å²) in [5.74, 6) is 0.491. The fourth-order valence-corrected chi connectivity index (χ4v) is 2.77. The molecule has 0 saturated carbocycles. The Morgan fingerprint density at radius 3 is 2.96 bits per heavy atom. The highest BCUT2D eigenvalue weighted by molar-refractivity contribution is 5.93. The van der Waals surface area contributed by atoms with Gasteiger partial charge in [0, 0.05) is 40.1 Å². The number of rotatable bonds is 3. The SMILES string of the molecule is CN(C)c1nccc(C2CN(C(=O)c3cc(C#N)cn3C)CCO2)n1. The molecule has 8 nitrogen and oxygen atoms in total. The summed E-state index contributed by atoms with van der Waals surface area (Å²) < 4.78 is 7.49. The monoisotopic (exact) mass is 340 g/mol. The van der Waals surface area contributed by atoms with Crippen molar-refractivity contribution < 1.29 is 9.53 Å². The van der Waals surface area contributed by atoms with Crippen LogP contribution in [0.15, 0.2) is 24.5 Å². The van der Waals surface area contributed by atoms with Gasteiger partial charge in [-0.1, -0.05) is 0 Å². The minimum atomic E-state index is -0.296. The Morgan fingerprint density at radius 2 is 2.28 bits per heavy atom. The van der Waals surface area contributed by atoms with Gasteiger partial charge in [-0.05, 0) is 12.1 Å². The molecular formula is C17H20N6O2. The third kappa shape index (κ3) is 3.46. The summed E-state index contributed by atoms with van der Waals surface area (Å²) in [6.07, 6.45) is 3.05. The molecule has 0 bridgehead atoms. The summed E-state index contributed by atoms with van der Waals surface area (Å²) >= 11 is 0. The minimum Gasteiger partial charge on any atom is -0.368 e. The quantitative estimate of drug-likeness (QED) is 0.827. The van der Waals surface area contributed by atoms with Crippen LogP contribution >= 0.6 is 0 Å². The van der Waals surface area contributed by atoms with Crippen molar-refractivity contribution in [2.45, 2.75) is 6.10 Å². The molecule has 2 aromatic heterocycles. The number of nitrogens with zero attached hydrogens (tertiary/aromatic N) is 6. The van der Waals surface area contributed by atoms with Crippen LogP contribution in [0.5, 0.6) is 0 Å². The second kappa shape index (κ2) is 6.91. The molecule has 1 aliphatic heterocycles. The summed E-state index contributed by atoms with van der Waals surface area (Å²) in [5, 5.41) is 9.00. The Balaban J connectivity index is 1.79. The normalized spacial score (nSPS) is 17.2. The molecule has 8 heteroatoms. The van der Waals surface area contributed by atoms with Crippen molar-refractivity contribution in [1.82, 2.24) is 19.4 Å². The van der Waals surface area contributed by atoms with Gasteiger partial charge in [0.25, 0.3) is 5.91 Å². The van der Waals surface area contributed by atoms with Gasteiger partial charge in [0.2, 0.25) is 5.95 Å². The fourth-order valence-electron chi connectivity index (χ4n) is 2.77. The molecule has 1 fully saturated rings. The Bertz CT molecular complexity index is 823. The Hall–Kier alpha value is -2.92. The van der Waals surface area contributed by atoms with Crippen molar-refractivity contribution >= 4 is 11.9 Å². The number of amides is 1. The minimum absolute atomic E-state index is 0.112. The van der Waals surface area contributed by atoms with Gasteiger partial charge in [-0.2, -0.15) is 5.26 Å². The number of nitriles is 1. The number of ether oxygens (including phenoxy) is 1. The smallest absolute Gasteiger partial charge is 0.270 e. The Kier molecular flexibility index (Phi) is 4.67. The zero-order chi connectivity index (χ0) is 18.0. The molecule has 0 radical (unpaired) electrons. The number of anilines is 1. The van der Waals surface area contributed by atoms with Gasteiger partial charge in [-0.3, -0.25) is 4.79 Å². The average Bonchev–Trinajstić information content (AvgIpc) is 3.02. The first-order valence-electron chi connectivity index (χ1n) is 7.97. The predicted octanol–water partition coefficient (Wildman–Crippen LogP) is 0.966. The van der Waals surface area contributed by atoms with Crippen LogP contribution in [0.25, 0.3) is 0 Å². The van der Waals surface area contributed by atoms with Gasteiger partial charge in [0.1, 0.15) is 17.9 Å². The molecule has 25 heavy (non-hydrogen) atoms. The summed E-state index contributed by atoms with van der Waals surface area (Å²) in [6.45, 7) is 1.36. The summed E-state index contributed by atoms with van der Waals surface area (Å²) in [5.41, 5.74) is 1.72. The van der Waals surface area contributed by atoms with E-state index in [1.54, 1.807) is 35.0 Å². The molecule has 0 aliphatic carbocycles. The van der Waals surface area contributed by atoms with Crippen molar-refractivity contribution in [2.75, 3.05) is 38.7 Å². The standard InChI is InChI=1S/C17H20N6O2/c1-21(2)17-19-5-4-13(20-17)15-11-23(6-7-25-15)16(24)14-8-12(9-18)10-22(14)3/h4-5,8,10,15H,6-7,11H2,1-3H3. The second-order valence-corrected chi connectivity index (χ2v) is 6.12. The molecular weight excluding hydrogens is 320 g/mol. The van der Waals surface area contributed by atoms with E-state index in [0.717, 1.165) is 5.69 Å². The van der Waals surface area contributed by atoms with E-state index in [-0.39, 0.29) is 12.0 Å². The lowest BCUT2D eigenvalue weighted by Crippen LogP contribution is -2.43. The van der Waals surface area contributed by atoms with Gasteiger partial charge < -0.3 is 19.1 Å². The van der Waals surface area contributed by atoms with Gasteiger partial charge >= 0.3 is 0 Å². The van der Waals surface area contributed by atoms with Crippen LogP contribution in [0.3, 0.4) is 0 Å². The molecule has 0 spiro atoms. The van der Waals surface area contributed by atoms with Crippen molar-refractivity contribution in [3.05, 3.63) is 41.5 Å². The molecule has 130 valence electrons. The van der Waals surface area contributed by atoms with Crippen LogP contribution in [0.2, 0.25) is 0 Å². The maximum absolute atomic E-state index is 12.8. The first-order chi connectivity index (χ1) is 12.0. The largest absolute Gasteiger partial charge is 0.368 e. The number of hydrogen-bond donors (Lipinski definition) is 0. The van der Waals surface area contributed by atoms with Crippen LogP contribution in [0.4, 0.5) is 5.95 Å². The van der Waals surface area contributed by atoms with Crippen molar-refractivity contribution in [3.63, 3.8) is 0 Å². The van der Waals surface area contributed by atoms with E-state index in [0.29, 0.717) is 36.9 Å². The molecule has 1 unspecified atom stereocenters. The van der Waals surface area contributed by atoms with Gasteiger partial charge in [0.05, 0.1) is 24.4 Å². The van der Waals surface area contributed by atoms with E-state index in [1.165, 1.54) is 0 Å². The molecule has 1 atom stereocenters. The topological polar surface area (TPSA) is 87.3 Å². The maximum Gasteiger partial charge on any atom is 0.270 e. The highest BCUT2D eigenvalue weighted by Crippen LogP contribution is 2.23. The molecule has 1 saturated heterocycles. The number of aromatic nitrogens is 3. The lowest BCUT2D eigenvalue weighted by Gasteiger charge is -2.32. The maximum atomic E-state index is 12.8. The third-order valence-corrected chi connectivity index (χ3v) is 4.10. The fraction of sp³-hybridized carbons (Fsp3) is 0.412. The van der Waals surface area contributed by atoms with Gasteiger partial charge in [-0.25, -0.2) is 9.97 Å². The van der Waals surface area contributed by atoms with Crippen molar-refractivity contribution in [2.24, 2.45) is 7.05 Å². The Labute approximate surface area is 146 Å². The predicted molar refractivity (Wildman–Crippen MR) is 91.1 cm³/mol. The number of morpholine rings is 1. The zero-order valence-electron chi connectivity index (χ0n) is 14.5. The number of hydrogen-bond acceptors (Lipinski definition) is 6. The average molecular weight is 340 g/mol. The van der Waals surface area contributed by atoms with E-state index in [9.17, 15) is 4.79 Å². The molecule has 1 aliphatic rings. The number of aryl methyl sites for hydroxylation is 1. The van der Waals surface area contributed by atoms with Crippen LogP contribution < -0.4 is 4.90 Å². The lowest BCUT2D eigenvalue weighted by molar-refractivity contribution is -0.0250. The zero-order valence-corrected chi connectivity index (χ0v) is 14.5. The summed E-state index contributed by atoms with van der Waals surface area (Å²) in [6, 6.07) is 5.48. The first kappa shape index (κ1) is 16.9.